The Labute approximate surface area is 255 Å². The first-order valence-corrected chi connectivity index (χ1v) is 15.4. The lowest BCUT2D eigenvalue weighted by Gasteiger charge is -2.18. The van der Waals surface area contributed by atoms with Crippen molar-refractivity contribution < 1.29 is 19.1 Å². The van der Waals surface area contributed by atoms with Crippen molar-refractivity contribution in [1.29, 1.82) is 0 Å². The minimum Gasteiger partial charge on any atom is -0.462 e. The topological polar surface area (TPSA) is 102 Å². The molecule has 0 radical (unpaired) electrons. The van der Waals surface area contributed by atoms with Crippen LogP contribution in [0.4, 0.5) is 0 Å². The number of hydrazone groups is 1. The highest BCUT2D eigenvalue weighted by molar-refractivity contribution is 7.15. The van der Waals surface area contributed by atoms with Crippen LogP contribution in [0, 0.1) is 13.8 Å². The second-order valence-electron chi connectivity index (χ2n) is 10.6. The van der Waals surface area contributed by atoms with Gasteiger partial charge in [-0.25, -0.2) is 10.2 Å². The number of rotatable bonds is 10. The van der Waals surface area contributed by atoms with E-state index in [0.29, 0.717) is 17.7 Å². The molecule has 0 aliphatic heterocycles. The van der Waals surface area contributed by atoms with Crippen LogP contribution in [-0.2, 0) is 22.4 Å². The van der Waals surface area contributed by atoms with Gasteiger partial charge in [-0.15, -0.1) is 11.3 Å². The summed E-state index contributed by atoms with van der Waals surface area (Å²) >= 11 is 1.66. The van der Waals surface area contributed by atoms with Gasteiger partial charge in [-0.3, -0.25) is 9.59 Å². The molecule has 5 rings (SSSR count). The molecule has 0 saturated heterocycles. The third-order valence-electron chi connectivity index (χ3n) is 7.63. The van der Waals surface area contributed by atoms with Gasteiger partial charge in [0.15, 0.2) is 0 Å². The Balaban J connectivity index is 1.33. The molecule has 1 aliphatic carbocycles. The van der Waals surface area contributed by atoms with E-state index in [0.717, 1.165) is 58.8 Å². The third-order valence-corrected chi connectivity index (χ3v) is 8.91. The summed E-state index contributed by atoms with van der Waals surface area (Å²) in [5.74, 6) is -0.863. The second-order valence-corrected chi connectivity index (χ2v) is 11.7. The maximum atomic E-state index is 13.1. The van der Waals surface area contributed by atoms with Crippen LogP contribution in [0.1, 0.15) is 85.9 Å². The highest BCUT2D eigenvalue weighted by Gasteiger charge is 2.28. The fourth-order valence-electron chi connectivity index (χ4n) is 5.53. The maximum Gasteiger partial charge on any atom is 0.341 e. The smallest absolute Gasteiger partial charge is 0.341 e. The van der Waals surface area contributed by atoms with Crippen LogP contribution in [0.2, 0.25) is 0 Å². The van der Waals surface area contributed by atoms with Crippen molar-refractivity contribution in [1.82, 2.24) is 15.3 Å². The fourth-order valence-corrected chi connectivity index (χ4v) is 7.02. The molecule has 0 unspecified atom stereocenters. The molecule has 222 valence electrons. The van der Waals surface area contributed by atoms with Crippen molar-refractivity contribution in [3.05, 3.63) is 111 Å². The Bertz CT molecular complexity index is 1640. The maximum absolute atomic E-state index is 13.1. The number of benzene rings is 2. The number of hydrogen-bond donors (Lipinski definition) is 2. The Morgan fingerprint density at radius 3 is 2.44 bits per heavy atom. The van der Waals surface area contributed by atoms with E-state index in [2.05, 4.69) is 20.4 Å². The van der Waals surface area contributed by atoms with Gasteiger partial charge in [0.05, 0.1) is 30.8 Å². The van der Waals surface area contributed by atoms with Crippen molar-refractivity contribution in [3.63, 3.8) is 0 Å². The van der Waals surface area contributed by atoms with Crippen molar-refractivity contribution in [2.75, 3.05) is 6.61 Å². The van der Waals surface area contributed by atoms with Gasteiger partial charge < -0.3 is 14.6 Å². The number of carbonyl (C=O) groups is 3. The Morgan fingerprint density at radius 1 is 1.02 bits per heavy atom. The highest BCUT2D eigenvalue weighted by Crippen LogP contribution is 2.39. The number of ether oxygens (including phenoxy) is 1. The fraction of sp³-hybridized carbons (Fsp3) is 0.294. The van der Waals surface area contributed by atoms with Crippen LogP contribution in [0.25, 0.3) is 5.00 Å². The number of aryl methyl sites for hydroxylation is 2. The van der Waals surface area contributed by atoms with Gasteiger partial charge in [-0.1, -0.05) is 48.5 Å². The van der Waals surface area contributed by atoms with E-state index in [4.69, 9.17) is 4.74 Å². The molecular formula is C34H36N4O4S. The van der Waals surface area contributed by atoms with E-state index >= 15 is 0 Å². The molecule has 4 aromatic rings. The molecule has 8 nitrogen and oxygen atoms in total. The first-order valence-electron chi connectivity index (χ1n) is 14.6. The summed E-state index contributed by atoms with van der Waals surface area (Å²) in [6.07, 6.45) is 5.68. The molecule has 9 heteroatoms. The third kappa shape index (κ3) is 6.78. The zero-order valence-electron chi connectivity index (χ0n) is 24.7. The summed E-state index contributed by atoms with van der Waals surface area (Å²) in [7, 11) is 0. The average molecular weight is 597 g/mol. The molecule has 1 aliphatic rings. The van der Waals surface area contributed by atoms with Crippen molar-refractivity contribution in [3.8, 4) is 5.00 Å². The minimum atomic E-state index is -0.527. The number of aromatic nitrogens is 1. The predicted molar refractivity (Wildman–Crippen MR) is 169 cm³/mol. The zero-order valence-corrected chi connectivity index (χ0v) is 25.5. The van der Waals surface area contributed by atoms with Crippen LogP contribution in [0.15, 0.2) is 71.8 Å². The lowest BCUT2D eigenvalue weighted by molar-refractivity contribution is -0.121. The molecule has 0 bridgehead atoms. The average Bonchev–Trinajstić information content (AvgIpc) is 3.53. The summed E-state index contributed by atoms with van der Waals surface area (Å²) in [6, 6.07) is 19.8. The minimum absolute atomic E-state index is 0.0165. The van der Waals surface area contributed by atoms with Crippen LogP contribution in [0.5, 0.6) is 0 Å². The van der Waals surface area contributed by atoms with Gasteiger partial charge in [0.25, 0.3) is 5.91 Å². The number of nitrogens with zero attached hydrogens (tertiary/aromatic N) is 2. The lowest BCUT2D eigenvalue weighted by atomic mass is 9.95. The number of nitrogens with one attached hydrogen (secondary N) is 2. The highest BCUT2D eigenvalue weighted by atomic mass is 32.1. The van der Waals surface area contributed by atoms with Gasteiger partial charge in [-0.05, 0) is 75.8 Å². The van der Waals surface area contributed by atoms with E-state index in [-0.39, 0.29) is 24.2 Å². The van der Waals surface area contributed by atoms with E-state index in [1.165, 1.54) is 4.88 Å². The van der Waals surface area contributed by atoms with E-state index < -0.39 is 6.04 Å². The van der Waals surface area contributed by atoms with Gasteiger partial charge in [0, 0.05) is 27.4 Å². The quantitative estimate of drug-likeness (QED) is 0.129. The first-order chi connectivity index (χ1) is 20.9. The van der Waals surface area contributed by atoms with Crippen LogP contribution in [0.3, 0.4) is 0 Å². The Morgan fingerprint density at radius 2 is 1.72 bits per heavy atom. The Hall–Kier alpha value is -4.50. The summed E-state index contributed by atoms with van der Waals surface area (Å²) < 4.78 is 7.55. The molecule has 2 amide bonds. The second kappa shape index (κ2) is 13.6. The molecule has 0 fully saturated rings. The predicted octanol–water partition coefficient (Wildman–Crippen LogP) is 6.22. The summed E-state index contributed by atoms with van der Waals surface area (Å²) in [4.78, 5) is 40.2. The number of esters is 1. The first kappa shape index (κ1) is 30.0. The molecule has 1 atom stereocenters. The number of amides is 2. The molecule has 0 spiro atoms. The summed E-state index contributed by atoms with van der Waals surface area (Å²) in [5.41, 5.74) is 8.46. The van der Waals surface area contributed by atoms with Gasteiger partial charge in [0.2, 0.25) is 5.91 Å². The monoisotopic (exact) mass is 596 g/mol. The lowest BCUT2D eigenvalue weighted by Crippen LogP contribution is -2.32. The summed E-state index contributed by atoms with van der Waals surface area (Å²) in [6.45, 7) is 6.13. The Kier molecular flexibility index (Phi) is 9.51. The molecule has 2 N–H and O–H groups in total. The van der Waals surface area contributed by atoms with Gasteiger partial charge >= 0.3 is 5.97 Å². The van der Waals surface area contributed by atoms with Crippen LogP contribution < -0.4 is 10.7 Å². The van der Waals surface area contributed by atoms with Crippen molar-refractivity contribution in [2.24, 2.45) is 5.10 Å². The van der Waals surface area contributed by atoms with Gasteiger partial charge in [0.1, 0.15) is 5.00 Å². The summed E-state index contributed by atoms with van der Waals surface area (Å²) in [5, 5.41) is 8.11. The molecule has 2 heterocycles. The molecule has 2 aromatic carbocycles. The van der Waals surface area contributed by atoms with Crippen molar-refractivity contribution >= 4 is 35.3 Å². The number of fused-ring (bicyclic) bond motifs is 1. The molecular weight excluding hydrogens is 560 g/mol. The van der Waals surface area contributed by atoms with Crippen molar-refractivity contribution in [2.45, 2.75) is 58.9 Å². The SMILES string of the molecule is CCOC(=O)c1c(-n2c(C)cc(/C=N\NC(=O)C[C@@H](NC(=O)c3ccccc3)c3ccccc3)c2C)sc2c1CCCC2. The van der Waals surface area contributed by atoms with Gasteiger partial charge in [-0.2, -0.15) is 5.10 Å². The van der Waals surface area contributed by atoms with E-state index in [1.807, 2.05) is 63.2 Å². The van der Waals surface area contributed by atoms with E-state index in [1.54, 1.807) is 41.8 Å². The van der Waals surface area contributed by atoms with Crippen LogP contribution in [-0.4, -0.2) is 35.2 Å². The number of hydrogen-bond acceptors (Lipinski definition) is 6. The molecule has 2 aromatic heterocycles. The molecule has 0 saturated carbocycles. The van der Waals surface area contributed by atoms with Crippen LogP contribution >= 0.6 is 11.3 Å². The molecule has 43 heavy (non-hydrogen) atoms. The normalized spacial score (nSPS) is 13.4. The standard InChI is InChI=1S/C34H36N4O4S/c1-4-42-34(41)31-27-17-11-12-18-29(27)43-33(31)38-22(2)19-26(23(38)3)21-35-37-30(39)20-28(24-13-7-5-8-14-24)36-32(40)25-15-9-6-10-16-25/h5-10,13-16,19,21,28H,4,11-12,17-18,20H2,1-3H3,(H,36,40)(H,37,39)/b35-21-/t28-/m1/s1. The number of carbonyl (C=O) groups excluding carboxylic acids is 3. The van der Waals surface area contributed by atoms with E-state index in [9.17, 15) is 14.4 Å². The zero-order chi connectivity index (χ0) is 30.3. The number of thiophene rings is 1. The largest absolute Gasteiger partial charge is 0.462 e.